The van der Waals surface area contributed by atoms with Crippen molar-refractivity contribution >= 4 is 0 Å². The van der Waals surface area contributed by atoms with Crippen LogP contribution in [0.15, 0.2) is 0 Å². The maximum absolute atomic E-state index is 3.73. The largest absolute Gasteiger partial charge is 0.309 e. The van der Waals surface area contributed by atoms with Crippen molar-refractivity contribution in [3.8, 4) is 0 Å². The Morgan fingerprint density at radius 3 is 2.00 bits per heavy atom. The normalized spacial score (nSPS) is 28.4. The van der Waals surface area contributed by atoms with Crippen molar-refractivity contribution in [2.45, 2.75) is 78.3 Å². The van der Waals surface area contributed by atoms with E-state index in [2.05, 4.69) is 39.9 Å². The average Bonchev–Trinajstić information content (AvgIpc) is 2.05. The lowest BCUT2D eigenvalue weighted by atomic mass is 9.81. The smallest absolute Gasteiger partial charge is 0.00990 e. The number of rotatable bonds is 3. The summed E-state index contributed by atoms with van der Waals surface area (Å²) in [5.41, 5.74) is 0.287. The molecule has 1 fully saturated rings. The molecule has 0 aliphatic heterocycles. The summed E-state index contributed by atoms with van der Waals surface area (Å²) < 4.78 is 0. The van der Waals surface area contributed by atoms with Crippen molar-refractivity contribution in [2.75, 3.05) is 0 Å². The van der Waals surface area contributed by atoms with Crippen molar-refractivity contribution < 1.29 is 0 Å². The van der Waals surface area contributed by atoms with Gasteiger partial charge in [0.05, 0.1) is 0 Å². The maximum atomic E-state index is 3.73. The summed E-state index contributed by atoms with van der Waals surface area (Å²) in [6.45, 7) is 11.5. The highest BCUT2D eigenvalue weighted by Gasteiger charge is 2.24. The highest BCUT2D eigenvalue weighted by atomic mass is 15.0. The molecule has 0 aromatic carbocycles. The third-order valence-corrected chi connectivity index (χ3v) is 3.29. The molecular formula is C14H29N. The lowest BCUT2D eigenvalue weighted by Crippen LogP contribution is -2.45. The summed E-state index contributed by atoms with van der Waals surface area (Å²) in [4.78, 5) is 0. The van der Waals surface area contributed by atoms with Crippen LogP contribution in [0.25, 0.3) is 0 Å². The van der Waals surface area contributed by atoms with Gasteiger partial charge in [-0.2, -0.15) is 0 Å². The highest BCUT2D eigenvalue weighted by molar-refractivity contribution is 4.83. The van der Waals surface area contributed by atoms with E-state index >= 15 is 0 Å². The second-order valence-electron chi connectivity index (χ2n) is 6.74. The molecule has 1 nitrogen and oxygen atoms in total. The van der Waals surface area contributed by atoms with Gasteiger partial charge in [-0.15, -0.1) is 0 Å². The third kappa shape index (κ3) is 5.55. The molecule has 0 unspecified atom stereocenters. The van der Waals surface area contributed by atoms with Gasteiger partial charge in [-0.05, 0) is 64.7 Å². The summed E-state index contributed by atoms with van der Waals surface area (Å²) >= 11 is 0. The monoisotopic (exact) mass is 211 g/mol. The fourth-order valence-corrected chi connectivity index (χ4v) is 2.82. The van der Waals surface area contributed by atoms with Gasteiger partial charge in [0.1, 0.15) is 0 Å². The minimum absolute atomic E-state index is 0.287. The second-order valence-corrected chi connectivity index (χ2v) is 6.74. The van der Waals surface area contributed by atoms with Crippen LogP contribution in [0.4, 0.5) is 0 Å². The quantitative estimate of drug-likeness (QED) is 0.744. The minimum atomic E-state index is 0.287. The topological polar surface area (TPSA) is 12.0 Å². The first-order valence-electron chi connectivity index (χ1n) is 6.64. The van der Waals surface area contributed by atoms with Gasteiger partial charge in [-0.3, -0.25) is 0 Å². The van der Waals surface area contributed by atoms with E-state index in [1.54, 1.807) is 0 Å². The van der Waals surface area contributed by atoms with Gasteiger partial charge in [-0.1, -0.05) is 13.8 Å². The predicted octanol–water partition coefficient (Wildman–Crippen LogP) is 3.98. The summed E-state index contributed by atoms with van der Waals surface area (Å²) in [7, 11) is 0. The Morgan fingerprint density at radius 1 is 1.07 bits per heavy atom. The van der Waals surface area contributed by atoms with Crippen molar-refractivity contribution in [1.82, 2.24) is 5.32 Å². The van der Waals surface area contributed by atoms with Crippen LogP contribution >= 0.6 is 0 Å². The van der Waals surface area contributed by atoms with E-state index in [4.69, 9.17) is 0 Å². The van der Waals surface area contributed by atoms with Gasteiger partial charge in [0.25, 0.3) is 0 Å². The van der Waals surface area contributed by atoms with Gasteiger partial charge in [0.15, 0.2) is 0 Å². The number of hydrogen-bond donors (Lipinski definition) is 1. The Morgan fingerprint density at radius 2 is 1.60 bits per heavy atom. The minimum Gasteiger partial charge on any atom is -0.309 e. The van der Waals surface area contributed by atoms with E-state index in [0.717, 1.165) is 17.9 Å². The first kappa shape index (κ1) is 13.0. The highest BCUT2D eigenvalue weighted by Crippen LogP contribution is 2.29. The van der Waals surface area contributed by atoms with Crippen molar-refractivity contribution in [3.63, 3.8) is 0 Å². The predicted molar refractivity (Wildman–Crippen MR) is 68.1 cm³/mol. The first-order chi connectivity index (χ1) is 6.87. The Hall–Kier alpha value is -0.0400. The molecular weight excluding hydrogens is 182 g/mol. The van der Waals surface area contributed by atoms with Crippen LogP contribution in [0.5, 0.6) is 0 Å². The summed E-state index contributed by atoms with van der Waals surface area (Å²) in [6, 6.07) is 0.772. The van der Waals surface area contributed by atoms with Gasteiger partial charge < -0.3 is 5.32 Å². The van der Waals surface area contributed by atoms with Gasteiger partial charge >= 0.3 is 0 Å². The van der Waals surface area contributed by atoms with E-state index in [-0.39, 0.29) is 5.54 Å². The van der Waals surface area contributed by atoms with Crippen LogP contribution in [0.1, 0.15) is 66.7 Å². The number of nitrogens with one attached hydrogen (secondary N) is 1. The Bertz CT molecular complexity index is 170. The lowest BCUT2D eigenvalue weighted by Gasteiger charge is -2.34. The van der Waals surface area contributed by atoms with Crippen LogP contribution < -0.4 is 5.32 Å². The van der Waals surface area contributed by atoms with Crippen LogP contribution in [0.3, 0.4) is 0 Å². The molecule has 0 radical (unpaired) electrons. The van der Waals surface area contributed by atoms with E-state index in [0.29, 0.717) is 0 Å². The molecule has 1 rings (SSSR count). The van der Waals surface area contributed by atoms with Crippen molar-refractivity contribution in [3.05, 3.63) is 0 Å². The molecule has 0 amide bonds. The van der Waals surface area contributed by atoms with Crippen molar-refractivity contribution in [1.29, 1.82) is 0 Å². The zero-order chi connectivity index (χ0) is 11.5. The van der Waals surface area contributed by atoms with Crippen LogP contribution in [0.2, 0.25) is 0 Å². The molecule has 0 atom stereocenters. The molecule has 90 valence electrons. The molecule has 0 aromatic heterocycles. The molecule has 0 bridgehead atoms. The molecule has 1 aliphatic rings. The van der Waals surface area contributed by atoms with Gasteiger partial charge in [-0.25, -0.2) is 0 Å². The molecule has 1 aliphatic carbocycles. The van der Waals surface area contributed by atoms with Gasteiger partial charge in [0, 0.05) is 11.6 Å². The summed E-state index contributed by atoms with van der Waals surface area (Å²) in [5.74, 6) is 1.88. The molecule has 0 saturated heterocycles. The second kappa shape index (κ2) is 5.34. The standard InChI is InChI=1S/C14H29N/c1-11(2)10-12-6-8-13(9-7-12)15-14(3,4)5/h11-13,15H,6-10H2,1-5H3. The van der Waals surface area contributed by atoms with Crippen LogP contribution in [-0.4, -0.2) is 11.6 Å². The fourth-order valence-electron chi connectivity index (χ4n) is 2.82. The van der Waals surface area contributed by atoms with Crippen molar-refractivity contribution in [2.24, 2.45) is 11.8 Å². The molecule has 0 spiro atoms. The molecule has 1 heteroatoms. The molecule has 1 saturated carbocycles. The fraction of sp³-hybridized carbons (Fsp3) is 1.00. The molecule has 1 N–H and O–H groups in total. The Labute approximate surface area is 96.0 Å². The summed E-state index contributed by atoms with van der Waals surface area (Å²) in [6.07, 6.45) is 7.07. The average molecular weight is 211 g/mol. The van der Waals surface area contributed by atoms with E-state index < -0.39 is 0 Å². The van der Waals surface area contributed by atoms with Crippen LogP contribution in [0, 0.1) is 11.8 Å². The van der Waals surface area contributed by atoms with E-state index in [1.165, 1.54) is 32.1 Å². The zero-order valence-corrected chi connectivity index (χ0v) is 11.3. The number of hydrogen-bond acceptors (Lipinski definition) is 1. The maximum Gasteiger partial charge on any atom is 0.00990 e. The van der Waals surface area contributed by atoms with E-state index in [9.17, 15) is 0 Å². The first-order valence-corrected chi connectivity index (χ1v) is 6.64. The molecule has 15 heavy (non-hydrogen) atoms. The van der Waals surface area contributed by atoms with E-state index in [1.807, 2.05) is 0 Å². The lowest BCUT2D eigenvalue weighted by molar-refractivity contribution is 0.230. The zero-order valence-electron chi connectivity index (χ0n) is 11.3. The third-order valence-electron chi connectivity index (χ3n) is 3.29. The Kier molecular flexibility index (Phi) is 4.64. The van der Waals surface area contributed by atoms with Crippen LogP contribution in [-0.2, 0) is 0 Å². The SMILES string of the molecule is CC(C)CC1CCC(NC(C)(C)C)CC1. The van der Waals surface area contributed by atoms with Gasteiger partial charge in [0.2, 0.25) is 0 Å². The Balaban J connectivity index is 2.24. The molecule has 0 heterocycles. The molecule has 0 aromatic rings. The summed E-state index contributed by atoms with van der Waals surface area (Å²) in [5, 5.41) is 3.73.